The normalized spacial score (nSPS) is 12.6. The van der Waals surface area contributed by atoms with Gasteiger partial charge in [-0.25, -0.2) is 0 Å². The van der Waals surface area contributed by atoms with Crippen molar-refractivity contribution in [3.05, 3.63) is 51.6 Å². The first-order valence-electron chi connectivity index (χ1n) is 5.31. The minimum atomic E-state index is -0.150. The summed E-state index contributed by atoms with van der Waals surface area (Å²) in [4.78, 5) is 11.4. The second-order valence-corrected chi connectivity index (χ2v) is 6.65. The maximum atomic E-state index is 11.4. The molecule has 0 aliphatic rings. The summed E-state index contributed by atoms with van der Waals surface area (Å²) < 4.78 is 5.39. The van der Waals surface area contributed by atoms with E-state index in [0.29, 0.717) is 11.5 Å². The first-order valence-corrected chi connectivity index (χ1v) is 7.14. The Morgan fingerprint density at radius 1 is 1.47 bits per heavy atom. The Kier molecular flexibility index (Phi) is 5.92. The van der Waals surface area contributed by atoms with Gasteiger partial charge in [-0.1, -0.05) is 56.5 Å². The van der Waals surface area contributed by atoms with E-state index in [4.69, 9.17) is 4.42 Å². The predicted octanol–water partition coefficient (Wildman–Crippen LogP) is 4.80. The molecule has 0 amide bonds. The van der Waals surface area contributed by atoms with Crippen LogP contribution in [0.4, 0.5) is 0 Å². The SMILES string of the molecule is CC/C=C(C)/C=C/c1cc(=O)cc(C(Br)Br)o1. The van der Waals surface area contributed by atoms with Crippen molar-refractivity contribution in [2.75, 3.05) is 0 Å². The highest BCUT2D eigenvalue weighted by Gasteiger charge is 2.07. The van der Waals surface area contributed by atoms with E-state index in [1.807, 2.05) is 13.0 Å². The fourth-order valence-electron chi connectivity index (χ4n) is 1.31. The Bertz CT molecular complexity index is 484. The molecule has 1 rings (SSSR count). The topological polar surface area (TPSA) is 30.2 Å². The molecule has 17 heavy (non-hydrogen) atoms. The summed E-state index contributed by atoms with van der Waals surface area (Å²) in [6.45, 7) is 4.10. The van der Waals surface area contributed by atoms with Crippen molar-refractivity contribution in [2.45, 2.75) is 24.0 Å². The minimum Gasteiger partial charge on any atom is -0.459 e. The molecule has 0 N–H and O–H groups in total. The molecule has 0 radical (unpaired) electrons. The fourth-order valence-corrected chi connectivity index (χ4v) is 1.76. The Balaban J connectivity index is 2.99. The standard InChI is InChI=1S/C13H14Br2O2/c1-3-4-9(2)5-6-11-7-10(16)8-12(17-11)13(14)15/h4-8,13H,3H2,1-2H3/b6-5+,9-4+. The summed E-state index contributed by atoms with van der Waals surface area (Å²) in [6.07, 6.45) is 6.83. The van der Waals surface area contributed by atoms with Crippen molar-refractivity contribution < 1.29 is 4.42 Å². The average Bonchev–Trinajstić information content (AvgIpc) is 2.26. The number of hydrogen-bond donors (Lipinski definition) is 0. The van der Waals surface area contributed by atoms with Gasteiger partial charge in [-0.3, -0.25) is 4.79 Å². The summed E-state index contributed by atoms with van der Waals surface area (Å²) in [5, 5.41) is 0. The van der Waals surface area contributed by atoms with Crippen LogP contribution in [0.2, 0.25) is 0 Å². The molecule has 0 unspecified atom stereocenters. The Morgan fingerprint density at radius 3 is 2.76 bits per heavy atom. The van der Waals surface area contributed by atoms with Crippen LogP contribution < -0.4 is 5.43 Å². The van der Waals surface area contributed by atoms with Gasteiger partial charge in [-0.05, 0) is 19.4 Å². The van der Waals surface area contributed by atoms with Crippen molar-refractivity contribution >= 4 is 37.9 Å². The maximum absolute atomic E-state index is 11.4. The fraction of sp³-hybridized carbons (Fsp3) is 0.308. The zero-order valence-corrected chi connectivity index (χ0v) is 12.9. The molecular weight excluding hydrogens is 348 g/mol. The zero-order valence-electron chi connectivity index (χ0n) is 9.74. The first-order chi connectivity index (χ1) is 8.02. The lowest BCUT2D eigenvalue weighted by Crippen LogP contribution is -2.00. The molecule has 2 nitrogen and oxygen atoms in total. The summed E-state index contributed by atoms with van der Waals surface area (Å²) >= 11 is 6.61. The molecule has 0 aromatic carbocycles. The molecule has 4 heteroatoms. The van der Waals surface area contributed by atoms with Gasteiger partial charge in [0, 0.05) is 12.1 Å². The van der Waals surface area contributed by atoms with Gasteiger partial charge in [0.25, 0.3) is 0 Å². The van der Waals surface area contributed by atoms with Crippen molar-refractivity contribution in [1.82, 2.24) is 0 Å². The van der Waals surface area contributed by atoms with E-state index < -0.39 is 0 Å². The Morgan fingerprint density at radius 2 is 2.18 bits per heavy atom. The van der Waals surface area contributed by atoms with Crippen LogP contribution in [-0.2, 0) is 0 Å². The molecule has 1 aromatic heterocycles. The third kappa shape index (κ3) is 5.04. The molecule has 0 saturated heterocycles. The molecule has 0 atom stereocenters. The van der Waals surface area contributed by atoms with Gasteiger partial charge in [-0.15, -0.1) is 0 Å². The van der Waals surface area contributed by atoms with Gasteiger partial charge < -0.3 is 4.42 Å². The van der Waals surface area contributed by atoms with Crippen molar-refractivity contribution in [1.29, 1.82) is 0 Å². The van der Waals surface area contributed by atoms with Gasteiger partial charge in [0.05, 0.1) is 0 Å². The van der Waals surface area contributed by atoms with Crippen LogP contribution >= 0.6 is 31.9 Å². The monoisotopic (exact) mass is 360 g/mol. The highest BCUT2D eigenvalue weighted by molar-refractivity contribution is 9.24. The van der Waals surface area contributed by atoms with E-state index in [2.05, 4.69) is 44.9 Å². The highest BCUT2D eigenvalue weighted by atomic mass is 79.9. The quantitative estimate of drug-likeness (QED) is 0.569. The third-order valence-electron chi connectivity index (χ3n) is 2.06. The van der Waals surface area contributed by atoms with Gasteiger partial charge in [0.2, 0.25) is 0 Å². The smallest absolute Gasteiger partial charge is 0.185 e. The van der Waals surface area contributed by atoms with E-state index in [9.17, 15) is 4.79 Å². The lowest BCUT2D eigenvalue weighted by Gasteiger charge is -2.01. The molecular formula is C13H14Br2O2. The molecule has 1 heterocycles. The average molecular weight is 362 g/mol. The number of allylic oxidation sites excluding steroid dienone is 3. The molecule has 1 aromatic rings. The van der Waals surface area contributed by atoms with Crippen LogP contribution in [0.1, 0.15) is 35.5 Å². The molecule has 92 valence electrons. The van der Waals surface area contributed by atoms with Crippen molar-refractivity contribution in [3.63, 3.8) is 0 Å². The lowest BCUT2D eigenvalue weighted by atomic mass is 10.2. The van der Waals surface area contributed by atoms with E-state index in [-0.39, 0.29) is 9.17 Å². The van der Waals surface area contributed by atoms with E-state index in [1.165, 1.54) is 12.1 Å². The van der Waals surface area contributed by atoms with Gasteiger partial charge in [0.15, 0.2) is 5.43 Å². The van der Waals surface area contributed by atoms with Crippen LogP contribution in [0.25, 0.3) is 6.08 Å². The minimum absolute atomic E-state index is 0.0630. The van der Waals surface area contributed by atoms with E-state index in [1.54, 1.807) is 6.08 Å². The third-order valence-corrected chi connectivity index (χ3v) is 2.96. The summed E-state index contributed by atoms with van der Waals surface area (Å²) in [6, 6.07) is 2.93. The summed E-state index contributed by atoms with van der Waals surface area (Å²) in [5.74, 6) is 1.12. The molecule has 0 aliphatic heterocycles. The van der Waals surface area contributed by atoms with Gasteiger partial charge in [0.1, 0.15) is 15.3 Å². The van der Waals surface area contributed by atoms with Crippen LogP contribution in [0.3, 0.4) is 0 Å². The highest BCUT2D eigenvalue weighted by Crippen LogP contribution is 2.28. The second kappa shape index (κ2) is 6.97. The second-order valence-electron chi connectivity index (χ2n) is 3.59. The van der Waals surface area contributed by atoms with Crippen LogP contribution in [-0.4, -0.2) is 0 Å². The molecule has 0 saturated carbocycles. The number of hydrogen-bond acceptors (Lipinski definition) is 2. The van der Waals surface area contributed by atoms with Crippen LogP contribution in [0.5, 0.6) is 0 Å². The number of halogens is 2. The molecule has 0 aliphatic carbocycles. The largest absolute Gasteiger partial charge is 0.459 e. The summed E-state index contributed by atoms with van der Waals surface area (Å²) in [7, 11) is 0. The number of rotatable bonds is 4. The first kappa shape index (κ1) is 14.5. The Labute approximate surface area is 118 Å². The van der Waals surface area contributed by atoms with Gasteiger partial charge >= 0.3 is 0 Å². The summed E-state index contributed by atoms with van der Waals surface area (Å²) in [5.41, 5.74) is 1.08. The molecule has 0 bridgehead atoms. The van der Waals surface area contributed by atoms with E-state index >= 15 is 0 Å². The lowest BCUT2D eigenvalue weighted by molar-refractivity contribution is 0.502. The van der Waals surface area contributed by atoms with Crippen molar-refractivity contribution in [3.8, 4) is 0 Å². The van der Waals surface area contributed by atoms with Gasteiger partial charge in [-0.2, -0.15) is 0 Å². The van der Waals surface area contributed by atoms with Crippen molar-refractivity contribution in [2.24, 2.45) is 0 Å². The predicted molar refractivity (Wildman–Crippen MR) is 78.7 cm³/mol. The zero-order chi connectivity index (χ0) is 12.8. The number of alkyl halides is 2. The van der Waals surface area contributed by atoms with E-state index in [0.717, 1.165) is 12.0 Å². The molecule has 0 fully saturated rings. The maximum Gasteiger partial charge on any atom is 0.185 e. The van der Waals surface area contributed by atoms with Crippen LogP contribution in [0, 0.1) is 0 Å². The van der Waals surface area contributed by atoms with Crippen LogP contribution in [0.15, 0.2) is 39.1 Å². The molecule has 0 spiro atoms. The Hall–Kier alpha value is -0.610.